The second-order valence-electron chi connectivity index (χ2n) is 6.82. The zero-order chi connectivity index (χ0) is 23.3. The van der Waals surface area contributed by atoms with E-state index >= 15 is 0 Å². The molecule has 0 fully saturated rings. The molecule has 162 valence electrons. The molecule has 1 amide bonds. The Morgan fingerprint density at radius 3 is 2.16 bits per heavy atom. The highest BCUT2D eigenvalue weighted by atomic mass is 35.5. The Morgan fingerprint density at radius 2 is 1.53 bits per heavy atom. The second-order valence-corrected chi connectivity index (χ2v) is 7.23. The van der Waals surface area contributed by atoms with Gasteiger partial charge in [0.2, 0.25) is 5.78 Å². The third-order valence-electron chi connectivity index (χ3n) is 4.49. The molecule has 3 rings (SSSR count). The number of carbonyl (C=O) groups excluding carboxylic acids is 3. The number of rotatable bonds is 7. The Hall–Kier alpha value is -4.04. The minimum absolute atomic E-state index is 0.00284. The first-order chi connectivity index (χ1) is 15.2. The van der Waals surface area contributed by atoms with E-state index in [2.05, 4.69) is 5.32 Å². The van der Waals surface area contributed by atoms with Crippen molar-refractivity contribution in [3.63, 3.8) is 0 Å². The maximum Gasteiger partial charge on any atom is 0.338 e. The first kappa shape index (κ1) is 22.6. The number of ketones is 1. The predicted octanol–water partition coefficient (Wildman–Crippen LogP) is 4.85. The Bertz CT molecular complexity index is 1190. The molecule has 0 heterocycles. The van der Waals surface area contributed by atoms with Crippen molar-refractivity contribution in [2.45, 2.75) is 6.92 Å². The maximum absolute atomic E-state index is 12.3. The van der Waals surface area contributed by atoms with Gasteiger partial charge in [-0.25, -0.2) is 4.79 Å². The molecule has 3 aromatic carbocycles. The summed E-state index contributed by atoms with van der Waals surface area (Å²) in [5, 5.41) is 13.6. The van der Waals surface area contributed by atoms with E-state index < -0.39 is 29.0 Å². The van der Waals surface area contributed by atoms with Crippen LogP contribution in [0, 0.1) is 17.0 Å². The number of ether oxygens (including phenoxy) is 1. The van der Waals surface area contributed by atoms with Gasteiger partial charge in [-0.15, -0.1) is 0 Å². The second kappa shape index (κ2) is 9.84. The number of hydrogen-bond acceptors (Lipinski definition) is 6. The minimum atomic E-state index is -0.752. The van der Waals surface area contributed by atoms with Gasteiger partial charge in [0.15, 0.2) is 6.61 Å². The number of nitro benzene ring substituents is 1. The van der Waals surface area contributed by atoms with E-state index in [0.717, 1.165) is 11.6 Å². The van der Waals surface area contributed by atoms with Crippen LogP contribution < -0.4 is 5.32 Å². The molecule has 0 aliphatic carbocycles. The largest absolute Gasteiger partial charge is 0.454 e. The van der Waals surface area contributed by atoms with Crippen LogP contribution in [-0.2, 0) is 4.74 Å². The summed E-state index contributed by atoms with van der Waals surface area (Å²) in [4.78, 5) is 46.9. The number of halogens is 1. The van der Waals surface area contributed by atoms with E-state index in [0.29, 0.717) is 11.3 Å². The molecule has 0 saturated heterocycles. The molecular weight excluding hydrogens is 436 g/mol. The number of carbonyl (C=O) groups is 3. The van der Waals surface area contributed by atoms with Crippen LogP contribution in [-0.4, -0.2) is 29.2 Å². The van der Waals surface area contributed by atoms with Crippen molar-refractivity contribution >= 4 is 40.6 Å². The SMILES string of the molecule is Cc1ccc(C(=O)Nc2ccc(C(=O)OCC(=O)c3ccc(Cl)c([N+](=O)[O-])c3)cc2)cc1. The van der Waals surface area contributed by atoms with Crippen LogP contribution >= 0.6 is 11.6 Å². The fraction of sp³-hybridized carbons (Fsp3) is 0.0870. The van der Waals surface area contributed by atoms with Crippen LogP contribution in [0.2, 0.25) is 5.02 Å². The molecule has 3 aromatic rings. The highest BCUT2D eigenvalue weighted by Gasteiger charge is 2.18. The zero-order valence-electron chi connectivity index (χ0n) is 16.8. The summed E-state index contributed by atoms with van der Waals surface area (Å²) in [5.74, 6) is -1.65. The van der Waals surface area contributed by atoms with Gasteiger partial charge in [0.1, 0.15) is 5.02 Å². The highest BCUT2D eigenvalue weighted by molar-refractivity contribution is 6.32. The van der Waals surface area contributed by atoms with Gasteiger partial charge in [-0.2, -0.15) is 0 Å². The predicted molar refractivity (Wildman–Crippen MR) is 118 cm³/mol. The van der Waals surface area contributed by atoms with E-state index in [4.69, 9.17) is 16.3 Å². The molecule has 0 unspecified atom stereocenters. The summed E-state index contributed by atoms with van der Waals surface area (Å²) < 4.78 is 5.00. The molecule has 0 saturated carbocycles. The highest BCUT2D eigenvalue weighted by Crippen LogP contribution is 2.25. The molecule has 8 nitrogen and oxygen atoms in total. The molecule has 0 aliphatic rings. The van der Waals surface area contributed by atoms with E-state index in [-0.39, 0.29) is 22.1 Å². The van der Waals surface area contributed by atoms with E-state index in [1.807, 2.05) is 19.1 Å². The Balaban J connectivity index is 1.58. The standard InChI is InChI=1S/C23H17ClN2O6/c1-14-2-4-15(5-3-14)22(28)25-18-9-6-16(7-10-18)23(29)32-13-21(27)17-8-11-19(24)20(12-17)26(30)31/h2-12H,13H2,1H3,(H,25,28). The number of aryl methyl sites for hydroxylation is 1. The summed E-state index contributed by atoms with van der Waals surface area (Å²) in [6, 6.07) is 16.6. The average Bonchev–Trinajstić information content (AvgIpc) is 2.78. The number of hydrogen-bond donors (Lipinski definition) is 1. The fourth-order valence-corrected chi connectivity index (χ4v) is 2.91. The van der Waals surface area contributed by atoms with Gasteiger partial charge >= 0.3 is 5.97 Å². The van der Waals surface area contributed by atoms with Crippen molar-refractivity contribution in [2.24, 2.45) is 0 Å². The van der Waals surface area contributed by atoms with Gasteiger partial charge in [0.05, 0.1) is 10.5 Å². The lowest BCUT2D eigenvalue weighted by Gasteiger charge is -2.08. The van der Waals surface area contributed by atoms with Gasteiger partial charge in [-0.05, 0) is 55.5 Å². The molecular formula is C23H17ClN2O6. The summed E-state index contributed by atoms with van der Waals surface area (Å²) in [7, 11) is 0. The van der Waals surface area contributed by atoms with Crippen LogP contribution in [0.25, 0.3) is 0 Å². The molecule has 0 bridgehead atoms. The molecule has 0 atom stereocenters. The lowest BCUT2D eigenvalue weighted by atomic mass is 10.1. The maximum atomic E-state index is 12.3. The fourth-order valence-electron chi connectivity index (χ4n) is 2.72. The molecule has 0 aliphatic heterocycles. The number of Topliss-reactive ketones (excluding diaryl/α,β-unsaturated/α-hetero) is 1. The lowest BCUT2D eigenvalue weighted by Crippen LogP contribution is -2.15. The van der Waals surface area contributed by atoms with E-state index in [1.165, 1.54) is 36.4 Å². The first-order valence-corrected chi connectivity index (χ1v) is 9.75. The number of esters is 1. The van der Waals surface area contributed by atoms with E-state index in [1.54, 1.807) is 12.1 Å². The molecule has 32 heavy (non-hydrogen) atoms. The van der Waals surface area contributed by atoms with Crippen LogP contribution in [0.5, 0.6) is 0 Å². The summed E-state index contributed by atoms with van der Waals surface area (Å²) in [6.07, 6.45) is 0. The van der Waals surface area contributed by atoms with Crippen molar-refractivity contribution in [3.05, 3.63) is 104 Å². The third-order valence-corrected chi connectivity index (χ3v) is 4.81. The van der Waals surface area contributed by atoms with Gasteiger partial charge in [-0.1, -0.05) is 29.3 Å². The third kappa shape index (κ3) is 5.55. The molecule has 0 aromatic heterocycles. The smallest absolute Gasteiger partial charge is 0.338 e. The number of nitrogens with zero attached hydrogens (tertiary/aromatic N) is 1. The van der Waals surface area contributed by atoms with E-state index in [9.17, 15) is 24.5 Å². The van der Waals surface area contributed by atoms with Crippen LogP contribution in [0.3, 0.4) is 0 Å². The average molecular weight is 453 g/mol. The number of anilines is 1. The quantitative estimate of drug-likeness (QED) is 0.237. The zero-order valence-corrected chi connectivity index (χ0v) is 17.6. The van der Waals surface area contributed by atoms with Gasteiger partial charge in [0.25, 0.3) is 11.6 Å². The van der Waals surface area contributed by atoms with Crippen molar-refractivity contribution in [2.75, 3.05) is 11.9 Å². The Kier molecular flexibility index (Phi) is 6.97. The van der Waals surface area contributed by atoms with Crippen LogP contribution in [0.1, 0.15) is 36.6 Å². The summed E-state index contributed by atoms with van der Waals surface area (Å²) in [6.45, 7) is 1.33. The number of nitrogens with one attached hydrogen (secondary N) is 1. The normalized spacial score (nSPS) is 10.3. The van der Waals surface area contributed by atoms with Crippen LogP contribution in [0.4, 0.5) is 11.4 Å². The van der Waals surface area contributed by atoms with Crippen molar-refractivity contribution in [3.8, 4) is 0 Å². The Labute approximate surface area is 187 Å². The molecule has 1 N–H and O–H groups in total. The number of nitro groups is 1. The molecule has 0 radical (unpaired) electrons. The topological polar surface area (TPSA) is 116 Å². The first-order valence-electron chi connectivity index (χ1n) is 9.37. The van der Waals surface area contributed by atoms with Crippen molar-refractivity contribution in [1.29, 1.82) is 0 Å². The Morgan fingerprint density at radius 1 is 0.938 bits per heavy atom. The van der Waals surface area contributed by atoms with Gasteiger partial charge < -0.3 is 10.1 Å². The number of amides is 1. The minimum Gasteiger partial charge on any atom is -0.454 e. The summed E-state index contributed by atoms with van der Waals surface area (Å²) in [5.41, 5.74) is 1.79. The summed E-state index contributed by atoms with van der Waals surface area (Å²) >= 11 is 5.72. The number of benzene rings is 3. The van der Waals surface area contributed by atoms with Gasteiger partial charge in [-0.3, -0.25) is 19.7 Å². The monoisotopic (exact) mass is 452 g/mol. The molecule has 9 heteroatoms. The van der Waals surface area contributed by atoms with Crippen molar-refractivity contribution < 1.29 is 24.0 Å². The van der Waals surface area contributed by atoms with Crippen LogP contribution in [0.15, 0.2) is 66.7 Å². The molecule has 0 spiro atoms. The van der Waals surface area contributed by atoms with Gasteiger partial charge in [0, 0.05) is 22.9 Å². The van der Waals surface area contributed by atoms with Crippen molar-refractivity contribution in [1.82, 2.24) is 0 Å². The lowest BCUT2D eigenvalue weighted by molar-refractivity contribution is -0.384.